The van der Waals surface area contributed by atoms with Crippen LogP contribution in [0.1, 0.15) is 55.8 Å². The van der Waals surface area contributed by atoms with Gasteiger partial charge in [-0.1, -0.05) is 25.3 Å². The molecule has 2 aromatic rings. The lowest BCUT2D eigenvalue weighted by Gasteiger charge is -2.37. The number of carbonyl (C=O) groups excluding carboxylic acids is 3. The fourth-order valence-electron chi connectivity index (χ4n) is 4.79. The normalized spacial score (nSPS) is 19.0. The summed E-state index contributed by atoms with van der Waals surface area (Å²) in [4.78, 5) is 43.0. The van der Waals surface area contributed by atoms with Crippen molar-refractivity contribution in [2.75, 3.05) is 18.6 Å². The minimum atomic E-state index is -0.814. The van der Waals surface area contributed by atoms with Gasteiger partial charge in [0.1, 0.15) is 17.5 Å². The van der Waals surface area contributed by atoms with Crippen LogP contribution in [-0.2, 0) is 9.59 Å². The minimum Gasteiger partial charge on any atom is -0.497 e. The molecule has 1 saturated heterocycles. The van der Waals surface area contributed by atoms with Crippen LogP contribution in [0.25, 0.3) is 0 Å². The number of methoxy groups -OCH3 is 1. The van der Waals surface area contributed by atoms with Crippen molar-refractivity contribution < 1.29 is 23.9 Å². The van der Waals surface area contributed by atoms with Gasteiger partial charge in [-0.15, -0.1) is 0 Å². The molecule has 1 heterocycles. The summed E-state index contributed by atoms with van der Waals surface area (Å²) in [5, 5.41) is 0. The molecule has 1 saturated carbocycles. The minimum absolute atomic E-state index is 0.0156. The molecule has 1 aliphatic carbocycles. The van der Waals surface area contributed by atoms with Crippen LogP contribution in [0.3, 0.4) is 0 Å². The van der Waals surface area contributed by atoms with Crippen molar-refractivity contribution >= 4 is 23.4 Å². The number of carbonyl (C=O) groups is 3. The average molecular weight is 451 g/mol. The maximum absolute atomic E-state index is 13.7. The highest BCUT2D eigenvalue weighted by atomic mass is 16.5. The van der Waals surface area contributed by atoms with Crippen molar-refractivity contribution in [3.05, 3.63) is 54.1 Å². The van der Waals surface area contributed by atoms with Crippen molar-refractivity contribution in [1.29, 1.82) is 0 Å². The van der Waals surface area contributed by atoms with Gasteiger partial charge in [0, 0.05) is 11.6 Å². The Bertz CT molecular complexity index is 1010. The fourth-order valence-corrected chi connectivity index (χ4v) is 4.79. The number of anilines is 1. The lowest BCUT2D eigenvalue weighted by Crippen LogP contribution is -2.51. The molecule has 0 aromatic heterocycles. The summed E-state index contributed by atoms with van der Waals surface area (Å²) in [7, 11) is 1.55. The summed E-state index contributed by atoms with van der Waals surface area (Å²) in [5.41, 5.74) is 0.952. The third kappa shape index (κ3) is 4.72. The van der Waals surface area contributed by atoms with Crippen LogP contribution in [0.2, 0.25) is 0 Å². The number of amides is 3. The first-order valence-corrected chi connectivity index (χ1v) is 11.6. The van der Waals surface area contributed by atoms with E-state index in [-0.39, 0.29) is 30.2 Å². The maximum atomic E-state index is 13.7. The smallest absolute Gasteiger partial charge is 0.257 e. The summed E-state index contributed by atoms with van der Waals surface area (Å²) in [5.74, 6) is 0.364. The second kappa shape index (κ2) is 10.1. The molecule has 4 rings (SSSR count). The van der Waals surface area contributed by atoms with Gasteiger partial charge in [-0.3, -0.25) is 14.4 Å². The molecule has 0 N–H and O–H groups in total. The topological polar surface area (TPSA) is 76.2 Å². The second-order valence-electron chi connectivity index (χ2n) is 8.45. The molecule has 2 aliphatic rings. The molecule has 0 spiro atoms. The molecule has 0 radical (unpaired) electrons. The molecule has 7 nitrogen and oxygen atoms in total. The van der Waals surface area contributed by atoms with Gasteiger partial charge in [0.2, 0.25) is 5.91 Å². The van der Waals surface area contributed by atoms with E-state index >= 15 is 0 Å². The maximum Gasteiger partial charge on any atom is 0.257 e. The van der Waals surface area contributed by atoms with Gasteiger partial charge < -0.3 is 14.4 Å². The van der Waals surface area contributed by atoms with Gasteiger partial charge in [0.15, 0.2) is 0 Å². The zero-order chi connectivity index (χ0) is 23.4. The Morgan fingerprint density at radius 1 is 1.03 bits per heavy atom. The molecule has 33 heavy (non-hydrogen) atoms. The Kier molecular flexibility index (Phi) is 6.96. The van der Waals surface area contributed by atoms with Crippen molar-refractivity contribution in [2.24, 2.45) is 0 Å². The standard InChI is InChI=1S/C26H30N2O5/c1-3-33-21-14-12-20(13-15-21)28-24(29)17-23(26(28)31)27(19-9-5-4-6-10-19)25(30)18-8-7-11-22(16-18)32-2/h7-8,11-16,19,23H,3-6,9-10,17H2,1-2H3. The van der Waals surface area contributed by atoms with Gasteiger partial charge >= 0.3 is 0 Å². The first kappa shape index (κ1) is 22.8. The van der Waals surface area contributed by atoms with E-state index in [1.54, 1.807) is 60.5 Å². The SMILES string of the molecule is CCOc1ccc(N2C(=O)CC(N(C(=O)c3cccc(OC)c3)C3CCCCC3)C2=O)cc1. The van der Waals surface area contributed by atoms with Crippen LogP contribution in [0, 0.1) is 0 Å². The largest absolute Gasteiger partial charge is 0.497 e. The molecule has 0 bridgehead atoms. The lowest BCUT2D eigenvalue weighted by molar-refractivity contribution is -0.123. The van der Waals surface area contributed by atoms with Crippen LogP contribution >= 0.6 is 0 Å². The van der Waals surface area contributed by atoms with Gasteiger partial charge in [0.05, 0.1) is 25.8 Å². The lowest BCUT2D eigenvalue weighted by atomic mass is 9.92. The molecule has 1 atom stereocenters. The number of hydrogen-bond donors (Lipinski definition) is 0. The zero-order valence-electron chi connectivity index (χ0n) is 19.2. The number of rotatable bonds is 7. The Hall–Kier alpha value is -3.35. The fraction of sp³-hybridized carbons (Fsp3) is 0.423. The third-order valence-corrected chi connectivity index (χ3v) is 6.38. The van der Waals surface area contributed by atoms with E-state index in [9.17, 15) is 14.4 Å². The van der Waals surface area contributed by atoms with Gasteiger partial charge in [-0.2, -0.15) is 0 Å². The molecule has 2 fully saturated rings. The third-order valence-electron chi connectivity index (χ3n) is 6.38. The molecular weight excluding hydrogens is 420 g/mol. The van der Waals surface area contributed by atoms with E-state index in [1.165, 1.54) is 4.90 Å². The first-order valence-electron chi connectivity index (χ1n) is 11.6. The number of hydrogen-bond acceptors (Lipinski definition) is 5. The number of nitrogens with zero attached hydrogens (tertiary/aromatic N) is 2. The van der Waals surface area contributed by atoms with Gasteiger partial charge in [-0.25, -0.2) is 4.90 Å². The van der Waals surface area contributed by atoms with E-state index in [0.717, 1.165) is 32.1 Å². The van der Waals surface area contributed by atoms with Gasteiger partial charge in [0.25, 0.3) is 11.8 Å². The highest BCUT2D eigenvalue weighted by Gasteiger charge is 2.46. The summed E-state index contributed by atoms with van der Waals surface area (Å²) >= 11 is 0. The molecule has 3 amide bonds. The highest BCUT2D eigenvalue weighted by molar-refractivity contribution is 6.23. The Labute approximate surface area is 194 Å². The highest BCUT2D eigenvalue weighted by Crippen LogP contribution is 2.33. The van der Waals surface area contributed by atoms with E-state index < -0.39 is 6.04 Å². The monoisotopic (exact) mass is 450 g/mol. The van der Waals surface area contributed by atoms with Crippen molar-refractivity contribution in [1.82, 2.24) is 4.90 Å². The second-order valence-corrected chi connectivity index (χ2v) is 8.45. The first-order chi connectivity index (χ1) is 16.0. The van der Waals surface area contributed by atoms with Crippen LogP contribution < -0.4 is 14.4 Å². The van der Waals surface area contributed by atoms with Crippen molar-refractivity contribution in [2.45, 2.75) is 57.5 Å². The Morgan fingerprint density at radius 2 is 1.76 bits per heavy atom. The van der Waals surface area contributed by atoms with E-state index in [2.05, 4.69) is 0 Å². The number of imide groups is 1. The molecule has 1 aliphatic heterocycles. The van der Waals surface area contributed by atoms with Crippen LogP contribution in [-0.4, -0.2) is 48.4 Å². The van der Waals surface area contributed by atoms with Crippen molar-refractivity contribution in [3.8, 4) is 11.5 Å². The summed E-state index contributed by atoms with van der Waals surface area (Å²) < 4.78 is 10.7. The zero-order valence-corrected chi connectivity index (χ0v) is 19.2. The number of ether oxygens (including phenoxy) is 2. The van der Waals surface area contributed by atoms with E-state index in [1.807, 2.05) is 6.92 Å². The average Bonchev–Trinajstić information content (AvgIpc) is 3.14. The van der Waals surface area contributed by atoms with Crippen LogP contribution in [0.5, 0.6) is 11.5 Å². The predicted octanol–water partition coefficient (Wildman–Crippen LogP) is 4.20. The van der Waals surface area contributed by atoms with Crippen LogP contribution in [0.15, 0.2) is 48.5 Å². The molecular formula is C26H30N2O5. The molecule has 7 heteroatoms. The number of benzene rings is 2. The van der Waals surface area contributed by atoms with Crippen molar-refractivity contribution in [3.63, 3.8) is 0 Å². The summed E-state index contributed by atoms with van der Waals surface area (Å²) in [6.07, 6.45) is 4.77. The van der Waals surface area contributed by atoms with E-state index in [0.29, 0.717) is 29.4 Å². The molecule has 2 aromatic carbocycles. The molecule has 174 valence electrons. The summed E-state index contributed by atoms with van der Waals surface area (Å²) in [6, 6.07) is 13.0. The molecule has 1 unspecified atom stereocenters. The quantitative estimate of drug-likeness (QED) is 0.591. The van der Waals surface area contributed by atoms with Crippen LogP contribution in [0.4, 0.5) is 5.69 Å². The van der Waals surface area contributed by atoms with Gasteiger partial charge in [-0.05, 0) is 62.2 Å². The Morgan fingerprint density at radius 3 is 2.42 bits per heavy atom. The Balaban J connectivity index is 1.64. The van der Waals surface area contributed by atoms with E-state index in [4.69, 9.17) is 9.47 Å². The summed E-state index contributed by atoms with van der Waals surface area (Å²) in [6.45, 7) is 2.43. The predicted molar refractivity (Wildman–Crippen MR) is 125 cm³/mol.